The number of rotatable bonds is 5. The molecular weight excluding hydrogens is 437 g/mol. The lowest BCUT2D eigenvalue weighted by atomic mass is 9.92. The molecule has 0 radical (unpaired) electrons. The van der Waals surface area contributed by atoms with Crippen molar-refractivity contribution in [1.82, 2.24) is 34.8 Å². The molecule has 12 heteroatoms. The lowest BCUT2D eigenvalue weighted by molar-refractivity contribution is -0.141. The van der Waals surface area contributed by atoms with Gasteiger partial charge in [-0.3, -0.25) is 4.79 Å². The minimum absolute atomic E-state index is 0.203. The van der Waals surface area contributed by atoms with Gasteiger partial charge in [-0.2, -0.15) is 23.4 Å². The van der Waals surface area contributed by atoms with Gasteiger partial charge in [0.2, 0.25) is 0 Å². The lowest BCUT2D eigenvalue weighted by Crippen LogP contribution is -2.49. The SMILES string of the molecule is Cc1ccc(-n2nccn2)c(C(=O)N2CC[C@H](C)C[C@H]2CNc2cnc(C(F)(F)F)cn2)n1. The number of amides is 1. The van der Waals surface area contributed by atoms with Gasteiger partial charge in [0.05, 0.1) is 24.8 Å². The number of hydrogen-bond acceptors (Lipinski definition) is 7. The largest absolute Gasteiger partial charge is 0.434 e. The molecule has 174 valence electrons. The second-order valence-corrected chi connectivity index (χ2v) is 8.09. The van der Waals surface area contributed by atoms with Crippen LogP contribution in [0, 0.1) is 12.8 Å². The number of alkyl halides is 3. The quantitative estimate of drug-likeness (QED) is 0.624. The fraction of sp³-hybridized carbons (Fsp3) is 0.429. The number of pyridine rings is 1. The van der Waals surface area contributed by atoms with Gasteiger partial charge in [0.25, 0.3) is 5.91 Å². The minimum atomic E-state index is -4.55. The molecule has 0 saturated carbocycles. The molecule has 1 amide bonds. The molecule has 0 unspecified atom stereocenters. The molecule has 1 saturated heterocycles. The highest BCUT2D eigenvalue weighted by Gasteiger charge is 2.34. The normalized spacial score (nSPS) is 18.9. The van der Waals surface area contributed by atoms with Crippen LogP contribution in [-0.4, -0.2) is 59.9 Å². The van der Waals surface area contributed by atoms with Crippen molar-refractivity contribution in [2.45, 2.75) is 38.9 Å². The number of likely N-dealkylation sites (tertiary alicyclic amines) is 1. The molecule has 1 N–H and O–H groups in total. The molecule has 1 aliphatic heterocycles. The summed E-state index contributed by atoms with van der Waals surface area (Å²) in [6.07, 6.45) is 1.80. The van der Waals surface area contributed by atoms with Crippen LogP contribution in [-0.2, 0) is 6.18 Å². The van der Waals surface area contributed by atoms with Crippen molar-refractivity contribution in [2.24, 2.45) is 5.92 Å². The summed E-state index contributed by atoms with van der Waals surface area (Å²) < 4.78 is 38.2. The molecule has 0 aliphatic carbocycles. The van der Waals surface area contributed by atoms with Crippen LogP contribution in [0.5, 0.6) is 0 Å². The summed E-state index contributed by atoms with van der Waals surface area (Å²) in [6.45, 7) is 4.76. The van der Waals surface area contributed by atoms with E-state index in [4.69, 9.17) is 0 Å². The van der Waals surface area contributed by atoms with E-state index in [-0.39, 0.29) is 23.5 Å². The van der Waals surface area contributed by atoms with Gasteiger partial charge in [-0.15, -0.1) is 4.80 Å². The van der Waals surface area contributed by atoms with Crippen molar-refractivity contribution in [3.63, 3.8) is 0 Å². The average molecular weight is 460 g/mol. The first kappa shape index (κ1) is 22.6. The molecule has 3 aromatic heterocycles. The Labute approximate surface area is 188 Å². The molecule has 1 aliphatic rings. The van der Waals surface area contributed by atoms with E-state index in [1.54, 1.807) is 24.0 Å². The van der Waals surface area contributed by atoms with Crippen LogP contribution in [0.1, 0.15) is 41.6 Å². The minimum Gasteiger partial charge on any atom is -0.367 e. The van der Waals surface area contributed by atoms with Crippen molar-refractivity contribution in [1.29, 1.82) is 0 Å². The zero-order chi connectivity index (χ0) is 23.6. The first-order valence-corrected chi connectivity index (χ1v) is 10.5. The summed E-state index contributed by atoms with van der Waals surface area (Å²) in [5, 5.41) is 11.3. The summed E-state index contributed by atoms with van der Waals surface area (Å²) in [5.74, 6) is 0.351. The van der Waals surface area contributed by atoms with Gasteiger partial charge in [0, 0.05) is 24.8 Å². The van der Waals surface area contributed by atoms with E-state index in [1.807, 2.05) is 0 Å². The Bertz CT molecular complexity index is 1100. The summed E-state index contributed by atoms with van der Waals surface area (Å²) in [6, 6.07) is 3.34. The van der Waals surface area contributed by atoms with Crippen LogP contribution in [0.15, 0.2) is 36.9 Å². The van der Waals surface area contributed by atoms with Gasteiger partial charge in [-0.25, -0.2) is 15.0 Å². The Morgan fingerprint density at radius 3 is 2.61 bits per heavy atom. The highest BCUT2D eigenvalue weighted by atomic mass is 19.4. The van der Waals surface area contributed by atoms with Gasteiger partial charge in [0.1, 0.15) is 11.5 Å². The molecule has 2 atom stereocenters. The fourth-order valence-corrected chi connectivity index (χ4v) is 3.84. The number of carbonyl (C=O) groups is 1. The molecule has 3 aromatic rings. The van der Waals surface area contributed by atoms with Crippen molar-refractivity contribution >= 4 is 11.7 Å². The Hall–Kier alpha value is -3.57. The second kappa shape index (κ2) is 9.12. The van der Waals surface area contributed by atoms with Crippen LogP contribution in [0.4, 0.5) is 19.0 Å². The van der Waals surface area contributed by atoms with Gasteiger partial charge in [0.15, 0.2) is 11.4 Å². The molecular formula is C21H23F3N8O. The third kappa shape index (κ3) is 5.10. The van der Waals surface area contributed by atoms with E-state index in [0.29, 0.717) is 36.6 Å². The predicted molar refractivity (Wildman–Crippen MR) is 113 cm³/mol. The van der Waals surface area contributed by atoms with E-state index >= 15 is 0 Å². The third-order valence-electron chi connectivity index (χ3n) is 5.55. The number of piperidine rings is 1. The first-order chi connectivity index (χ1) is 15.7. The van der Waals surface area contributed by atoms with Crippen molar-refractivity contribution in [3.05, 3.63) is 54.0 Å². The summed E-state index contributed by atoms with van der Waals surface area (Å²) in [7, 11) is 0. The van der Waals surface area contributed by atoms with Crippen LogP contribution in [0.2, 0.25) is 0 Å². The maximum absolute atomic E-state index is 13.6. The zero-order valence-corrected chi connectivity index (χ0v) is 18.1. The second-order valence-electron chi connectivity index (χ2n) is 8.09. The maximum atomic E-state index is 13.6. The van der Waals surface area contributed by atoms with Gasteiger partial charge >= 0.3 is 6.18 Å². The van der Waals surface area contributed by atoms with E-state index < -0.39 is 11.9 Å². The van der Waals surface area contributed by atoms with E-state index in [2.05, 4.69) is 37.4 Å². The molecule has 0 bridgehead atoms. The number of aryl methyl sites for hydroxylation is 1. The Kier molecular flexibility index (Phi) is 6.25. The summed E-state index contributed by atoms with van der Waals surface area (Å²) >= 11 is 0. The zero-order valence-electron chi connectivity index (χ0n) is 18.1. The number of carbonyl (C=O) groups excluding carboxylic acids is 1. The van der Waals surface area contributed by atoms with Crippen LogP contribution in [0.25, 0.3) is 5.69 Å². The highest BCUT2D eigenvalue weighted by Crippen LogP contribution is 2.28. The average Bonchev–Trinajstić information content (AvgIpc) is 3.32. The van der Waals surface area contributed by atoms with Crippen LogP contribution < -0.4 is 5.32 Å². The van der Waals surface area contributed by atoms with E-state index in [9.17, 15) is 18.0 Å². The number of anilines is 1. The van der Waals surface area contributed by atoms with Crippen LogP contribution in [0.3, 0.4) is 0 Å². The van der Waals surface area contributed by atoms with Crippen molar-refractivity contribution < 1.29 is 18.0 Å². The summed E-state index contributed by atoms with van der Waals surface area (Å²) in [5.41, 5.74) is 0.366. The Morgan fingerprint density at radius 1 is 1.18 bits per heavy atom. The van der Waals surface area contributed by atoms with E-state index in [1.165, 1.54) is 17.2 Å². The Balaban J connectivity index is 1.54. The molecule has 4 heterocycles. The maximum Gasteiger partial charge on any atom is 0.434 e. The monoisotopic (exact) mass is 460 g/mol. The van der Waals surface area contributed by atoms with Gasteiger partial charge in [-0.05, 0) is 37.8 Å². The molecule has 0 spiro atoms. The predicted octanol–water partition coefficient (Wildman–Crippen LogP) is 3.13. The first-order valence-electron chi connectivity index (χ1n) is 10.5. The fourth-order valence-electron chi connectivity index (χ4n) is 3.84. The molecule has 0 aromatic carbocycles. The number of aromatic nitrogens is 6. The molecule has 9 nitrogen and oxygen atoms in total. The number of halogens is 3. The van der Waals surface area contributed by atoms with Crippen molar-refractivity contribution in [2.75, 3.05) is 18.4 Å². The molecule has 33 heavy (non-hydrogen) atoms. The molecule has 1 fully saturated rings. The van der Waals surface area contributed by atoms with Gasteiger partial charge in [-0.1, -0.05) is 6.92 Å². The van der Waals surface area contributed by atoms with Crippen molar-refractivity contribution in [3.8, 4) is 5.69 Å². The van der Waals surface area contributed by atoms with Gasteiger partial charge < -0.3 is 10.2 Å². The third-order valence-corrected chi connectivity index (χ3v) is 5.55. The summed E-state index contributed by atoms with van der Waals surface area (Å²) in [4.78, 5) is 28.4. The van der Waals surface area contributed by atoms with E-state index in [0.717, 1.165) is 19.0 Å². The highest BCUT2D eigenvalue weighted by molar-refractivity contribution is 5.96. The topological polar surface area (TPSA) is 102 Å². The smallest absolute Gasteiger partial charge is 0.367 e. The number of nitrogens with one attached hydrogen (secondary N) is 1. The van der Waals surface area contributed by atoms with Crippen LogP contribution >= 0.6 is 0 Å². The standard InChI is InChI=1S/C21H23F3N8O/c1-13-5-8-31(15(9-13)10-26-18-12-25-17(11-27-18)21(22,23)24)20(33)19-16(4-3-14(2)30-19)32-28-6-7-29-32/h3-4,6-7,11-13,15H,5,8-10H2,1-2H3,(H,26,27)/t13-,15-/m0/s1. The lowest BCUT2D eigenvalue weighted by Gasteiger charge is -2.38. The number of nitrogens with zero attached hydrogens (tertiary/aromatic N) is 7. The molecule has 4 rings (SSSR count). The number of hydrogen-bond donors (Lipinski definition) is 1. The Morgan fingerprint density at radius 2 is 1.94 bits per heavy atom.